The first kappa shape index (κ1) is 25.1. The molecule has 182 valence electrons. The highest BCUT2D eigenvalue weighted by Crippen LogP contribution is 2.29. The predicted molar refractivity (Wildman–Crippen MR) is 133 cm³/mol. The zero-order valence-electron chi connectivity index (χ0n) is 20.2. The van der Waals surface area contributed by atoms with Crippen LogP contribution in [0.15, 0.2) is 48.2 Å². The zero-order valence-corrected chi connectivity index (χ0v) is 20.2. The van der Waals surface area contributed by atoms with Gasteiger partial charge in [-0.05, 0) is 60.4 Å². The molecule has 0 bridgehead atoms. The number of anilines is 1. The van der Waals surface area contributed by atoms with Crippen LogP contribution in [0.2, 0.25) is 0 Å². The fourth-order valence-electron chi connectivity index (χ4n) is 4.11. The van der Waals surface area contributed by atoms with E-state index in [1.165, 1.54) is 46.1 Å². The second-order valence-electron chi connectivity index (χ2n) is 8.47. The van der Waals surface area contributed by atoms with Crippen LogP contribution < -0.4 is 24.8 Å². The number of ether oxygens (including phenoxy) is 3. The van der Waals surface area contributed by atoms with E-state index < -0.39 is 5.91 Å². The van der Waals surface area contributed by atoms with Gasteiger partial charge >= 0.3 is 0 Å². The first-order chi connectivity index (χ1) is 16.5. The van der Waals surface area contributed by atoms with Crippen LogP contribution in [0, 0.1) is 5.92 Å². The molecule has 2 aromatic rings. The van der Waals surface area contributed by atoms with Crippen LogP contribution in [0.4, 0.5) is 5.69 Å². The fourth-order valence-corrected chi connectivity index (χ4v) is 4.11. The first-order valence-electron chi connectivity index (χ1n) is 11.7. The lowest BCUT2D eigenvalue weighted by Crippen LogP contribution is -2.28. The summed E-state index contributed by atoms with van der Waals surface area (Å²) in [5.74, 6) is 1.87. The topological polar surface area (TPSA) is 85.9 Å². The maximum Gasteiger partial charge on any atom is 0.272 e. The Morgan fingerprint density at radius 1 is 0.971 bits per heavy atom. The monoisotopic (exact) mass is 466 g/mol. The minimum Gasteiger partial charge on any atom is -0.494 e. The van der Waals surface area contributed by atoms with Gasteiger partial charge in [0.05, 0.1) is 20.8 Å². The molecule has 0 aromatic heterocycles. The van der Waals surface area contributed by atoms with Crippen molar-refractivity contribution in [3.63, 3.8) is 0 Å². The van der Waals surface area contributed by atoms with Gasteiger partial charge in [-0.3, -0.25) is 9.59 Å². The molecule has 1 saturated carbocycles. The summed E-state index contributed by atoms with van der Waals surface area (Å²) in [6, 6.07) is 12.5. The molecule has 7 heteroatoms. The maximum absolute atomic E-state index is 12.9. The summed E-state index contributed by atoms with van der Waals surface area (Å²) in [5, 5.41) is 5.42. The van der Waals surface area contributed by atoms with Crippen LogP contribution in [-0.4, -0.2) is 32.6 Å². The summed E-state index contributed by atoms with van der Waals surface area (Å²) in [4.78, 5) is 24.6. The van der Waals surface area contributed by atoms with E-state index in [1.807, 2.05) is 12.1 Å². The number of hydrogen-bond acceptors (Lipinski definition) is 5. The van der Waals surface area contributed by atoms with Gasteiger partial charge < -0.3 is 24.8 Å². The average Bonchev–Trinajstić information content (AvgIpc) is 2.85. The molecule has 34 heavy (non-hydrogen) atoms. The molecule has 0 unspecified atom stereocenters. The Labute approximate surface area is 201 Å². The van der Waals surface area contributed by atoms with Gasteiger partial charge in [0.1, 0.15) is 11.4 Å². The largest absolute Gasteiger partial charge is 0.494 e. The van der Waals surface area contributed by atoms with Crippen LogP contribution in [0.5, 0.6) is 17.2 Å². The Morgan fingerprint density at radius 2 is 1.68 bits per heavy atom. The van der Waals surface area contributed by atoms with Crippen LogP contribution in [-0.2, 0) is 9.59 Å². The first-order valence-corrected chi connectivity index (χ1v) is 11.7. The molecule has 1 aliphatic carbocycles. The van der Waals surface area contributed by atoms with Gasteiger partial charge in [0.2, 0.25) is 5.91 Å². The minimum absolute atomic E-state index is 0.118. The lowest BCUT2D eigenvalue weighted by Gasteiger charge is -2.21. The summed E-state index contributed by atoms with van der Waals surface area (Å²) in [6.45, 7) is 2.06. The number of rotatable bonds is 10. The lowest BCUT2D eigenvalue weighted by atomic mass is 9.87. The van der Waals surface area contributed by atoms with Crippen molar-refractivity contribution in [3.05, 3.63) is 53.7 Å². The van der Waals surface area contributed by atoms with Crippen molar-refractivity contribution in [1.29, 1.82) is 0 Å². The van der Waals surface area contributed by atoms with E-state index in [2.05, 4.69) is 10.6 Å². The molecule has 2 amide bonds. The quantitative estimate of drug-likeness (QED) is 0.472. The molecule has 0 atom stereocenters. The van der Waals surface area contributed by atoms with Crippen LogP contribution >= 0.6 is 0 Å². The summed E-state index contributed by atoms with van der Waals surface area (Å²) >= 11 is 0. The molecular weight excluding hydrogens is 432 g/mol. The molecule has 0 heterocycles. The van der Waals surface area contributed by atoms with E-state index in [9.17, 15) is 9.59 Å². The number of carbonyl (C=O) groups excluding carboxylic acids is 2. The molecule has 3 rings (SSSR count). The standard InChI is InChI=1S/C27H34N2O5/c1-19(30)28-24(17-21-9-14-25(32-2)26(18-21)33-3)27(31)29-22-10-12-23(13-11-22)34-16-15-20-7-5-4-6-8-20/h9-14,17-18,20H,4-8,15-16H2,1-3H3,(H,28,30)(H,29,31)/b24-17-. The Kier molecular flexibility index (Phi) is 9.38. The predicted octanol–water partition coefficient (Wildman–Crippen LogP) is 5.17. The number of methoxy groups -OCH3 is 2. The van der Waals surface area contributed by atoms with Gasteiger partial charge in [0.25, 0.3) is 5.91 Å². The fraction of sp³-hybridized carbons (Fsp3) is 0.407. The number of carbonyl (C=O) groups is 2. The second-order valence-corrected chi connectivity index (χ2v) is 8.47. The van der Waals surface area contributed by atoms with E-state index in [0.717, 1.165) is 18.1 Å². The smallest absolute Gasteiger partial charge is 0.272 e. The molecule has 7 nitrogen and oxygen atoms in total. The molecule has 2 aromatic carbocycles. The van der Waals surface area contributed by atoms with Crippen molar-refractivity contribution in [2.24, 2.45) is 5.92 Å². The van der Waals surface area contributed by atoms with Crippen molar-refractivity contribution in [2.75, 3.05) is 26.1 Å². The number of nitrogens with one attached hydrogen (secondary N) is 2. The Balaban J connectivity index is 1.62. The third-order valence-corrected chi connectivity index (χ3v) is 5.91. The van der Waals surface area contributed by atoms with Gasteiger partial charge in [-0.1, -0.05) is 38.2 Å². The van der Waals surface area contributed by atoms with Crippen LogP contribution in [0.25, 0.3) is 6.08 Å². The Bertz CT molecular complexity index is 995. The molecular formula is C27H34N2O5. The van der Waals surface area contributed by atoms with Crippen molar-refractivity contribution in [1.82, 2.24) is 5.32 Å². The molecule has 0 spiro atoms. The summed E-state index contributed by atoms with van der Waals surface area (Å²) < 4.78 is 16.4. The van der Waals surface area contributed by atoms with Crippen molar-refractivity contribution < 1.29 is 23.8 Å². The molecule has 2 N–H and O–H groups in total. The van der Waals surface area contributed by atoms with Gasteiger partial charge in [-0.2, -0.15) is 0 Å². The highest BCUT2D eigenvalue weighted by atomic mass is 16.5. The molecule has 1 fully saturated rings. The van der Waals surface area contributed by atoms with Crippen molar-refractivity contribution in [2.45, 2.75) is 45.4 Å². The molecule has 0 saturated heterocycles. The minimum atomic E-state index is -0.434. The van der Waals surface area contributed by atoms with Crippen molar-refractivity contribution in [3.8, 4) is 17.2 Å². The highest BCUT2D eigenvalue weighted by Gasteiger charge is 2.14. The SMILES string of the molecule is COc1ccc(/C=C(\NC(C)=O)C(=O)Nc2ccc(OCCC3CCCCC3)cc2)cc1OC. The van der Waals surface area contributed by atoms with Crippen LogP contribution in [0.1, 0.15) is 51.0 Å². The summed E-state index contributed by atoms with van der Waals surface area (Å²) in [6.07, 6.45) is 9.31. The van der Waals surface area contributed by atoms with E-state index in [-0.39, 0.29) is 11.6 Å². The summed E-state index contributed by atoms with van der Waals surface area (Å²) in [5.41, 5.74) is 1.40. The van der Waals surface area contributed by atoms with Gasteiger partial charge in [0, 0.05) is 12.6 Å². The average molecular weight is 467 g/mol. The second kappa shape index (κ2) is 12.7. The molecule has 0 aliphatic heterocycles. The van der Waals surface area contributed by atoms with E-state index >= 15 is 0 Å². The lowest BCUT2D eigenvalue weighted by molar-refractivity contribution is -0.120. The van der Waals surface area contributed by atoms with Gasteiger partial charge in [-0.15, -0.1) is 0 Å². The number of hydrogen-bond donors (Lipinski definition) is 2. The Morgan fingerprint density at radius 3 is 2.32 bits per heavy atom. The van der Waals surface area contributed by atoms with Crippen molar-refractivity contribution >= 4 is 23.6 Å². The van der Waals surface area contributed by atoms with E-state index in [0.29, 0.717) is 29.4 Å². The van der Waals surface area contributed by atoms with Crippen LogP contribution in [0.3, 0.4) is 0 Å². The van der Waals surface area contributed by atoms with E-state index in [4.69, 9.17) is 14.2 Å². The van der Waals surface area contributed by atoms with Gasteiger partial charge in [0.15, 0.2) is 11.5 Å². The Hall–Kier alpha value is -3.48. The van der Waals surface area contributed by atoms with Gasteiger partial charge in [-0.25, -0.2) is 0 Å². The molecule has 1 aliphatic rings. The number of amides is 2. The number of benzene rings is 2. The normalized spacial score (nSPS) is 14.3. The zero-order chi connectivity index (χ0) is 24.3. The molecule has 0 radical (unpaired) electrons. The van der Waals surface area contributed by atoms with E-state index in [1.54, 1.807) is 43.5 Å². The third kappa shape index (κ3) is 7.54. The highest BCUT2D eigenvalue weighted by molar-refractivity contribution is 6.08. The summed E-state index contributed by atoms with van der Waals surface area (Å²) in [7, 11) is 3.09. The maximum atomic E-state index is 12.9. The third-order valence-electron chi connectivity index (χ3n) is 5.91.